The summed E-state index contributed by atoms with van der Waals surface area (Å²) in [7, 11) is 1.66. The van der Waals surface area contributed by atoms with Crippen LogP contribution in [0.5, 0.6) is 5.75 Å². The fourth-order valence-electron chi connectivity index (χ4n) is 5.22. The molecule has 0 amide bonds. The average molecular weight is 472 g/mol. The molecule has 3 N–H and O–H groups in total. The molecule has 1 aromatic carbocycles. The van der Waals surface area contributed by atoms with Crippen molar-refractivity contribution in [3.05, 3.63) is 81.7 Å². The van der Waals surface area contributed by atoms with Crippen LogP contribution in [0.1, 0.15) is 41.4 Å². The molecule has 2 aromatic heterocycles. The van der Waals surface area contributed by atoms with Crippen LogP contribution in [0.2, 0.25) is 0 Å². The normalized spacial score (nSPS) is 18.1. The lowest BCUT2D eigenvalue weighted by Gasteiger charge is -2.42. The van der Waals surface area contributed by atoms with Crippen LogP contribution in [-0.2, 0) is 20.1 Å². The molecular weight excluding hydrogens is 442 g/mol. The third-order valence-corrected chi connectivity index (χ3v) is 7.21. The fourth-order valence-corrected chi connectivity index (χ4v) is 5.22. The second-order valence-corrected chi connectivity index (χ2v) is 9.29. The molecular formula is C27H29N5O3. The largest absolute Gasteiger partial charge is 0.479 e. The number of hydrogen-bond donors (Lipinski definition) is 2. The number of hydrogen-bond acceptors (Lipinski definition) is 7. The van der Waals surface area contributed by atoms with Crippen LogP contribution in [0.15, 0.2) is 53.6 Å². The zero-order chi connectivity index (χ0) is 24.4. The van der Waals surface area contributed by atoms with Crippen LogP contribution >= 0.6 is 0 Å². The van der Waals surface area contributed by atoms with Gasteiger partial charge in [-0.2, -0.15) is 0 Å². The number of nitrogens with two attached hydrogens (primary N) is 1. The molecule has 1 spiro atoms. The summed E-state index contributed by atoms with van der Waals surface area (Å²) in [6.45, 7) is 1.58. The van der Waals surface area contributed by atoms with Gasteiger partial charge in [0.15, 0.2) is 5.82 Å². The molecule has 1 fully saturated rings. The van der Waals surface area contributed by atoms with Crippen LogP contribution in [0.4, 0.5) is 5.82 Å². The summed E-state index contributed by atoms with van der Waals surface area (Å²) in [5.74, 6) is 7.12. The van der Waals surface area contributed by atoms with E-state index in [1.807, 2.05) is 0 Å². The van der Waals surface area contributed by atoms with Gasteiger partial charge in [0.1, 0.15) is 23.7 Å². The second kappa shape index (κ2) is 9.53. The number of rotatable bonds is 4. The summed E-state index contributed by atoms with van der Waals surface area (Å²) in [5.41, 5.74) is 10.3. The lowest BCUT2D eigenvalue weighted by atomic mass is 9.73. The van der Waals surface area contributed by atoms with Crippen molar-refractivity contribution in [2.24, 2.45) is 18.2 Å². The number of aliphatic hydroxyl groups excluding tert-OH is 1. The standard InChI is InChI=1S/C27H29N5O3/c1-31-17-21(8-9-24(31)34)35-14-4-6-20-16-29-26(23(18-33)30-20)32-12-10-27(11-13-32)15-19-5-2-3-7-22(19)25(27)28/h2-3,5,7-9,16-17,25,33H,10-15,18,28H2,1H3. The average Bonchev–Trinajstić information content (AvgIpc) is 3.15. The number of nitrogens with zero attached hydrogens (tertiary/aromatic N) is 4. The maximum atomic E-state index is 11.4. The van der Waals surface area contributed by atoms with Crippen molar-refractivity contribution < 1.29 is 9.84 Å². The van der Waals surface area contributed by atoms with Gasteiger partial charge in [0.05, 0.1) is 12.8 Å². The first kappa shape index (κ1) is 23.1. The van der Waals surface area contributed by atoms with Crippen LogP contribution in [0.3, 0.4) is 0 Å². The van der Waals surface area contributed by atoms with E-state index in [1.165, 1.54) is 21.8 Å². The van der Waals surface area contributed by atoms with Gasteiger partial charge in [-0.05, 0) is 47.8 Å². The molecule has 1 saturated heterocycles. The van der Waals surface area contributed by atoms with E-state index in [-0.39, 0.29) is 30.2 Å². The van der Waals surface area contributed by atoms with Crippen molar-refractivity contribution in [2.75, 3.05) is 24.6 Å². The van der Waals surface area contributed by atoms with E-state index in [1.54, 1.807) is 25.5 Å². The van der Waals surface area contributed by atoms with E-state index in [2.05, 4.69) is 51.0 Å². The minimum atomic E-state index is -0.209. The summed E-state index contributed by atoms with van der Waals surface area (Å²) in [6.07, 6.45) is 6.21. The van der Waals surface area contributed by atoms with Crippen LogP contribution in [0.25, 0.3) is 0 Å². The Balaban J connectivity index is 1.23. The number of anilines is 1. The van der Waals surface area contributed by atoms with Crippen molar-refractivity contribution >= 4 is 5.82 Å². The first-order valence-corrected chi connectivity index (χ1v) is 11.8. The first-order chi connectivity index (χ1) is 17.0. The Morgan fingerprint density at radius 2 is 2.03 bits per heavy atom. The highest BCUT2D eigenvalue weighted by atomic mass is 16.5. The topological polar surface area (TPSA) is 106 Å². The highest BCUT2D eigenvalue weighted by molar-refractivity contribution is 5.47. The minimum absolute atomic E-state index is 0.0601. The number of fused-ring (bicyclic) bond motifs is 1. The predicted molar refractivity (Wildman–Crippen MR) is 133 cm³/mol. The SMILES string of the molecule is Cn1cc(OCC#Cc2cnc(N3CCC4(CC3)Cc3ccccc3C4N)c(CO)n2)ccc1=O. The molecule has 2 aliphatic rings. The third-order valence-electron chi connectivity index (χ3n) is 7.21. The molecule has 3 aromatic rings. The highest BCUT2D eigenvalue weighted by Crippen LogP contribution is 2.50. The molecule has 180 valence electrons. The number of piperidine rings is 1. The molecule has 1 aliphatic heterocycles. The van der Waals surface area contributed by atoms with E-state index in [9.17, 15) is 9.90 Å². The Bertz CT molecular complexity index is 1350. The first-order valence-electron chi connectivity index (χ1n) is 11.8. The van der Waals surface area contributed by atoms with Gasteiger partial charge in [0, 0.05) is 38.4 Å². The number of aliphatic hydroxyl groups is 1. The van der Waals surface area contributed by atoms with E-state index >= 15 is 0 Å². The van der Waals surface area contributed by atoms with E-state index in [4.69, 9.17) is 10.5 Å². The third kappa shape index (κ3) is 4.53. The Kier molecular flexibility index (Phi) is 6.29. The molecule has 3 heterocycles. The molecule has 35 heavy (non-hydrogen) atoms. The van der Waals surface area contributed by atoms with Crippen LogP contribution in [-0.4, -0.2) is 39.3 Å². The number of aryl methyl sites for hydroxylation is 1. The maximum Gasteiger partial charge on any atom is 0.250 e. The van der Waals surface area contributed by atoms with Gasteiger partial charge in [-0.1, -0.05) is 30.2 Å². The second-order valence-electron chi connectivity index (χ2n) is 9.29. The number of aromatic nitrogens is 3. The van der Waals surface area contributed by atoms with Gasteiger partial charge in [-0.25, -0.2) is 9.97 Å². The summed E-state index contributed by atoms with van der Waals surface area (Å²) in [6, 6.07) is 11.6. The summed E-state index contributed by atoms with van der Waals surface area (Å²) in [5, 5.41) is 9.96. The van der Waals surface area contributed by atoms with Crippen LogP contribution < -0.4 is 20.9 Å². The number of benzene rings is 1. The summed E-state index contributed by atoms with van der Waals surface area (Å²) < 4.78 is 7.01. The zero-order valence-corrected chi connectivity index (χ0v) is 19.8. The Morgan fingerprint density at radius 1 is 1.23 bits per heavy atom. The van der Waals surface area contributed by atoms with Crippen molar-refractivity contribution in [1.82, 2.24) is 14.5 Å². The van der Waals surface area contributed by atoms with Gasteiger partial charge in [-0.3, -0.25) is 4.79 Å². The highest BCUT2D eigenvalue weighted by Gasteiger charge is 2.46. The van der Waals surface area contributed by atoms with Gasteiger partial charge in [0.2, 0.25) is 5.56 Å². The Hall–Kier alpha value is -3.67. The van der Waals surface area contributed by atoms with Gasteiger partial charge in [-0.15, -0.1) is 0 Å². The maximum absolute atomic E-state index is 11.4. The van der Waals surface area contributed by atoms with Gasteiger partial charge < -0.3 is 25.0 Å². The molecule has 5 rings (SSSR count). The zero-order valence-electron chi connectivity index (χ0n) is 19.8. The molecule has 8 heteroatoms. The fraction of sp³-hybridized carbons (Fsp3) is 0.370. The molecule has 8 nitrogen and oxygen atoms in total. The number of ether oxygens (including phenoxy) is 1. The molecule has 0 radical (unpaired) electrons. The molecule has 0 bridgehead atoms. The predicted octanol–water partition coefficient (Wildman–Crippen LogP) is 1.94. The quantitative estimate of drug-likeness (QED) is 0.560. The van der Waals surface area contributed by atoms with Crippen molar-refractivity contribution in [2.45, 2.75) is 31.9 Å². The smallest absolute Gasteiger partial charge is 0.250 e. The van der Waals surface area contributed by atoms with Crippen molar-refractivity contribution in [3.8, 4) is 17.6 Å². The van der Waals surface area contributed by atoms with Crippen molar-refractivity contribution in [1.29, 1.82) is 0 Å². The number of pyridine rings is 1. The monoisotopic (exact) mass is 471 g/mol. The van der Waals surface area contributed by atoms with Crippen molar-refractivity contribution in [3.63, 3.8) is 0 Å². The van der Waals surface area contributed by atoms with Gasteiger partial charge in [0.25, 0.3) is 0 Å². The Morgan fingerprint density at radius 3 is 2.77 bits per heavy atom. The van der Waals surface area contributed by atoms with E-state index in [0.29, 0.717) is 23.0 Å². The minimum Gasteiger partial charge on any atom is -0.479 e. The van der Waals surface area contributed by atoms with Gasteiger partial charge >= 0.3 is 0 Å². The van der Waals surface area contributed by atoms with E-state index < -0.39 is 0 Å². The lowest BCUT2D eigenvalue weighted by Crippen LogP contribution is -2.45. The summed E-state index contributed by atoms with van der Waals surface area (Å²) >= 11 is 0. The van der Waals surface area contributed by atoms with Crippen LogP contribution in [0, 0.1) is 17.3 Å². The summed E-state index contributed by atoms with van der Waals surface area (Å²) in [4.78, 5) is 22.8. The lowest BCUT2D eigenvalue weighted by molar-refractivity contribution is 0.186. The Labute approximate surface area is 204 Å². The molecule has 1 unspecified atom stereocenters. The molecule has 1 aliphatic carbocycles. The molecule has 0 saturated carbocycles. The molecule has 1 atom stereocenters. The van der Waals surface area contributed by atoms with E-state index in [0.717, 1.165) is 32.4 Å².